The van der Waals surface area contributed by atoms with Crippen molar-refractivity contribution in [2.75, 3.05) is 0 Å². The summed E-state index contributed by atoms with van der Waals surface area (Å²) in [5, 5.41) is 10.5. The standard InChI is InChI=1S/C42H38N2/c1-3-13-31(14-4-1)27-43(28-32-15-5-2-6-16-32)39-21-11-12-22-40(39)44-29-35-25-23-33-17-7-9-19-37(33)41(35)42-36(30-44)26-24-34-18-8-10-20-38(34)42/h1-10,13-20,23-26,29-30,39-40H,11-12,21-22,27-28H2/t39-,40-/m1/s1. The zero-order valence-electron chi connectivity index (χ0n) is 25.1. The van der Waals surface area contributed by atoms with Crippen molar-refractivity contribution in [3.05, 3.63) is 165 Å². The van der Waals surface area contributed by atoms with Gasteiger partial charge in [-0.25, -0.2) is 0 Å². The monoisotopic (exact) mass is 570 g/mol. The number of nitrogens with zero attached hydrogens (tertiary/aromatic N) is 2. The molecule has 0 bridgehead atoms. The Kier molecular flexibility index (Phi) is 7.21. The molecule has 6 aromatic rings. The molecule has 2 aliphatic rings. The minimum Gasteiger partial charge on any atom is -0.348 e. The van der Waals surface area contributed by atoms with Crippen molar-refractivity contribution in [1.82, 2.24) is 9.80 Å². The molecule has 0 unspecified atom stereocenters. The molecule has 216 valence electrons. The molecule has 44 heavy (non-hydrogen) atoms. The minimum atomic E-state index is 0.382. The van der Waals surface area contributed by atoms with E-state index in [2.05, 4.69) is 156 Å². The third kappa shape index (κ3) is 5.10. The lowest BCUT2D eigenvalue weighted by atomic mass is 9.87. The van der Waals surface area contributed by atoms with Crippen molar-refractivity contribution in [1.29, 1.82) is 0 Å². The van der Waals surface area contributed by atoms with Crippen LogP contribution in [-0.2, 0) is 13.1 Å². The Bertz CT molecular complexity index is 2010. The van der Waals surface area contributed by atoms with Crippen LogP contribution in [0.5, 0.6) is 0 Å². The van der Waals surface area contributed by atoms with Crippen molar-refractivity contribution < 1.29 is 0 Å². The van der Waals surface area contributed by atoms with Gasteiger partial charge in [-0.3, -0.25) is 4.90 Å². The molecule has 0 aromatic heterocycles. The highest BCUT2D eigenvalue weighted by molar-refractivity contribution is 5.88. The van der Waals surface area contributed by atoms with Crippen molar-refractivity contribution in [2.24, 2.45) is 0 Å². The topological polar surface area (TPSA) is 6.48 Å². The highest BCUT2D eigenvalue weighted by Gasteiger charge is 2.33. The summed E-state index contributed by atoms with van der Waals surface area (Å²) in [7, 11) is 0. The lowest BCUT2D eigenvalue weighted by Crippen LogP contribution is -2.50. The van der Waals surface area contributed by atoms with E-state index in [0.29, 0.717) is 12.1 Å². The molecule has 0 amide bonds. The van der Waals surface area contributed by atoms with Gasteiger partial charge in [0.25, 0.3) is 0 Å². The second-order valence-corrected chi connectivity index (χ2v) is 12.5. The maximum absolute atomic E-state index is 2.75. The van der Waals surface area contributed by atoms with Crippen molar-refractivity contribution in [3.63, 3.8) is 0 Å². The first-order chi connectivity index (χ1) is 21.8. The quantitative estimate of drug-likeness (QED) is 0.200. The molecule has 1 aliphatic heterocycles. The van der Waals surface area contributed by atoms with E-state index in [-0.39, 0.29) is 0 Å². The zero-order chi connectivity index (χ0) is 29.3. The molecular weight excluding hydrogens is 532 g/mol. The second kappa shape index (κ2) is 11.8. The molecule has 1 saturated carbocycles. The van der Waals surface area contributed by atoms with Gasteiger partial charge in [0.2, 0.25) is 0 Å². The van der Waals surface area contributed by atoms with Gasteiger partial charge in [-0.1, -0.05) is 146 Å². The van der Waals surface area contributed by atoms with E-state index in [1.807, 2.05) is 0 Å². The molecule has 1 heterocycles. The third-order valence-corrected chi connectivity index (χ3v) is 9.75. The summed E-state index contributed by atoms with van der Waals surface area (Å²) in [4.78, 5) is 5.35. The number of rotatable bonds is 6. The number of fused-ring (bicyclic) bond motifs is 6. The molecule has 1 aliphatic carbocycles. The normalized spacial score (nSPS) is 17.9. The Balaban J connectivity index is 1.32. The summed E-state index contributed by atoms with van der Waals surface area (Å²) < 4.78 is 0. The van der Waals surface area contributed by atoms with Crippen LogP contribution >= 0.6 is 0 Å². The van der Waals surface area contributed by atoms with Crippen LogP contribution in [0.1, 0.15) is 36.8 Å². The number of benzene rings is 6. The van der Waals surface area contributed by atoms with E-state index < -0.39 is 0 Å². The summed E-state index contributed by atoms with van der Waals surface area (Å²) in [6.07, 6.45) is 9.85. The molecule has 2 atom stereocenters. The van der Waals surface area contributed by atoms with Gasteiger partial charge in [-0.15, -0.1) is 0 Å². The first kappa shape index (κ1) is 26.9. The summed E-state index contributed by atoms with van der Waals surface area (Å²) in [6, 6.07) is 49.9. The molecule has 8 rings (SSSR count). The fourth-order valence-corrected chi connectivity index (χ4v) is 7.69. The third-order valence-electron chi connectivity index (χ3n) is 9.75. The van der Waals surface area contributed by atoms with Gasteiger partial charge >= 0.3 is 0 Å². The van der Waals surface area contributed by atoms with Crippen LogP contribution in [-0.4, -0.2) is 21.9 Å². The summed E-state index contributed by atoms with van der Waals surface area (Å²) in [6.45, 7) is 1.90. The second-order valence-electron chi connectivity index (χ2n) is 12.5. The fourth-order valence-electron chi connectivity index (χ4n) is 7.69. The Morgan fingerprint density at radius 2 is 0.977 bits per heavy atom. The molecule has 2 nitrogen and oxygen atoms in total. The molecule has 0 N–H and O–H groups in total. The van der Waals surface area contributed by atoms with Crippen LogP contribution in [0.3, 0.4) is 0 Å². The molecule has 0 radical (unpaired) electrons. The van der Waals surface area contributed by atoms with Gasteiger partial charge in [0.1, 0.15) is 0 Å². The largest absolute Gasteiger partial charge is 0.348 e. The Morgan fingerprint density at radius 3 is 1.52 bits per heavy atom. The predicted molar refractivity (Wildman–Crippen MR) is 184 cm³/mol. The first-order valence-electron chi connectivity index (χ1n) is 16.1. The van der Waals surface area contributed by atoms with Gasteiger partial charge in [-0.2, -0.15) is 0 Å². The number of hydrogen-bond acceptors (Lipinski definition) is 2. The van der Waals surface area contributed by atoms with Crippen LogP contribution in [0, 0.1) is 10.4 Å². The van der Waals surface area contributed by atoms with Gasteiger partial charge in [-0.05, 0) is 66.4 Å². The van der Waals surface area contributed by atoms with Gasteiger partial charge in [0.15, 0.2) is 0 Å². The minimum absolute atomic E-state index is 0.382. The van der Waals surface area contributed by atoms with E-state index in [1.165, 1.54) is 79.2 Å². The SMILES string of the molecule is C1=c2ccc3ccccc3c2=c2c(ccc3ccccc23)=CN1[C@@H]1CCCC[C@H]1N(Cc1ccccc1)Cc1ccccc1. The van der Waals surface area contributed by atoms with Gasteiger partial charge < -0.3 is 4.90 Å². The highest BCUT2D eigenvalue weighted by Crippen LogP contribution is 2.31. The van der Waals surface area contributed by atoms with E-state index in [1.54, 1.807) is 0 Å². The van der Waals surface area contributed by atoms with E-state index in [9.17, 15) is 0 Å². The van der Waals surface area contributed by atoms with E-state index >= 15 is 0 Å². The van der Waals surface area contributed by atoms with Crippen molar-refractivity contribution in [2.45, 2.75) is 50.9 Å². The van der Waals surface area contributed by atoms with Crippen LogP contribution < -0.4 is 10.4 Å². The average Bonchev–Trinajstić information content (AvgIpc) is 3.26. The maximum Gasteiger partial charge on any atom is 0.0486 e. The van der Waals surface area contributed by atoms with Gasteiger partial charge in [0, 0.05) is 37.6 Å². The van der Waals surface area contributed by atoms with Crippen LogP contribution in [0.4, 0.5) is 0 Å². The molecule has 6 aromatic carbocycles. The number of hydrogen-bond donors (Lipinski definition) is 0. The first-order valence-corrected chi connectivity index (χ1v) is 16.1. The molecule has 2 heteroatoms. The van der Waals surface area contributed by atoms with Crippen LogP contribution in [0.25, 0.3) is 33.9 Å². The lowest BCUT2D eigenvalue weighted by Gasteiger charge is -2.44. The molecular formula is C42H38N2. The molecule has 1 fully saturated rings. The Hall–Kier alpha value is -4.66. The van der Waals surface area contributed by atoms with Crippen molar-refractivity contribution in [3.8, 4) is 0 Å². The fraction of sp³-hybridized carbons (Fsp3) is 0.190. The van der Waals surface area contributed by atoms with Gasteiger partial charge in [0.05, 0.1) is 0 Å². The zero-order valence-corrected chi connectivity index (χ0v) is 25.1. The van der Waals surface area contributed by atoms with Crippen LogP contribution in [0.15, 0.2) is 133 Å². The highest BCUT2D eigenvalue weighted by atomic mass is 15.2. The summed E-state index contributed by atoms with van der Waals surface area (Å²) in [5.74, 6) is 0. The van der Waals surface area contributed by atoms with E-state index in [0.717, 1.165) is 13.1 Å². The smallest absolute Gasteiger partial charge is 0.0486 e. The predicted octanol–water partition coefficient (Wildman–Crippen LogP) is 8.09. The maximum atomic E-state index is 2.75. The average molecular weight is 571 g/mol. The molecule has 0 saturated heterocycles. The summed E-state index contributed by atoms with van der Waals surface area (Å²) >= 11 is 0. The lowest BCUT2D eigenvalue weighted by molar-refractivity contribution is 0.0871. The van der Waals surface area contributed by atoms with Crippen LogP contribution in [0.2, 0.25) is 0 Å². The van der Waals surface area contributed by atoms with Crippen molar-refractivity contribution >= 4 is 33.9 Å². The molecule has 0 spiro atoms. The summed E-state index contributed by atoms with van der Waals surface area (Å²) in [5.41, 5.74) is 2.76. The van der Waals surface area contributed by atoms with E-state index in [4.69, 9.17) is 0 Å². The Morgan fingerprint density at radius 1 is 0.500 bits per heavy atom. The Labute approximate surface area is 259 Å².